The number of para-hydroxylation sites is 1. The Bertz CT molecular complexity index is 949. The van der Waals surface area contributed by atoms with Crippen LogP contribution in [0.5, 0.6) is 11.5 Å². The van der Waals surface area contributed by atoms with Gasteiger partial charge in [-0.25, -0.2) is 4.99 Å². The summed E-state index contributed by atoms with van der Waals surface area (Å²) in [5.74, 6) is 0.494. The summed E-state index contributed by atoms with van der Waals surface area (Å²) in [6.45, 7) is 1.89. The third-order valence-corrected chi connectivity index (χ3v) is 5.15. The van der Waals surface area contributed by atoms with Crippen LogP contribution in [0.1, 0.15) is 6.92 Å². The van der Waals surface area contributed by atoms with E-state index in [-0.39, 0.29) is 27.6 Å². The number of phenolic OH excluding ortho intramolecular Hbond substituents is 1. The van der Waals surface area contributed by atoms with E-state index in [2.05, 4.69) is 10.3 Å². The van der Waals surface area contributed by atoms with Crippen LogP contribution >= 0.6 is 34.8 Å². The van der Waals surface area contributed by atoms with Gasteiger partial charge in [0, 0.05) is 0 Å². The Morgan fingerprint density at radius 1 is 1.11 bits per heavy atom. The quantitative estimate of drug-likeness (QED) is 0.562. The molecular weight excluding hydrogens is 423 g/mol. The predicted octanol–water partition coefficient (Wildman–Crippen LogP) is 5.17. The summed E-state index contributed by atoms with van der Waals surface area (Å²) in [7, 11) is 0. The van der Waals surface area contributed by atoms with Crippen molar-refractivity contribution in [1.82, 2.24) is 5.32 Å². The van der Waals surface area contributed by atoms with Gasteiger partial charge in [-0.15, -0.1) is 0 Å². The summed E-state index contributed by atoms with van der Waals surface area (Å²) in [6.07, 6.45) is 0.668. The van der Waals surface area contributed by atoms with E-state index in [0.717, 1.165) is 0 Å². The molecule has 0 fully saturated rings. The fourth-order valence-electron chi connectivity index (χ4n) is 2.54. The number of hydrogen-bond donors (Lipinski definition) is 3. The van der Waals surface area contributed by atoms with Gasteiger partial charge in [-0.1, -0.05) is 53.0 Å². The first-order chi connectivity index (χ1) is 13.4. The van der Waals surface area contributed by atoms with Crippen LogP contribution in [-0.4, -0.2) is 28.8 Å². The molecular formula is C20H17Cl3N2O3. The fraction of sp³-hybridized carbons (Fsp3) is 0.150. The average Bonchev–Trinajstić information content (AvgIpc) is 2.68. The summed E-state index contributed by atoms with van der Waals surface area (Å²) >= 11 is 18.2. The van der Waals surface area contributed by atoms with Gasteiger partial charge in [-0.3, -0.25) is 0 Å². The number of aliphatic hydroxyl groups excluding tert-OH is 1. The number of ether oxygens (including phenoxy) is 1. The van der Waals surface area contributed by atoms with E-state index < -0.39 is 6.10 Å². The largest absolute Gasteiger partial charge is 0.505 e. The number of nitrogens with one attached hydrogen (secondary N) is 1. The number of rotatable bonds is 5. The second-order valence-electron chi connectivity index (χ2n) is 6.01. The molecule has 8 heteroatoms. The Balaban J connectivity index is 1.83. The molecule has 0 aromatic heterocycles. The SMILES string of the molecule is CC1=C(Cl)C(O)C(NCOc2ccccc2)=CC1=Nc1cc(Cl)c(O)c(Cl)c1. The summed E-state index contributed by atoms with van der Waals surface area (Å²) in [4.78, 5) is 4.49. The number of hydrogen-bond acceptors (Lipinski definition) is 5. The van der Waals surface area contributed by atoms with Crippen LogP contribution in [0.15, 0.2) is 69.8 Å². The molecule has 0 bridgehead atoms. The second kappa shape index (κ2) is 8.88. The van der Waals surface area contributed by atoms with Crippen LogP contribution in [0, 0.1) is 0 Å². The molecule has 146 valence electrons. The van der Waals surface area contributed by atoms with Gasteiger partial charge in [0.1, 0.15) is 11.9 Å². The van der Waals surface area contributed by atoms with Crippen molar-refractivity contribution >= 4 is 46.2 Å². The van der Waals surface area contributed by atoms with Crippen molar-refractivity contribution in [2.75, 3.05) is 6.73 Å². The molecule has 3 rings (SSSR count). The number of halogens is 3. The first kappa shape index (κ1) is 20.6. The summed E-state index contributed by atoms with van der Waals surface area (Å²) in [6, 6.07) is 12.3. The van der Waals surface area contributed by atoms with Gasteiger partial charge in [-0.2, -0.15) is 0 Å². The highest BCUT2D eigenvalue weighted by atomic mass is 35.5. The fourth-order valence-corrected chi connectivity index (χ4v) is 3.23. The Hall–Kier alpha value is -2.18. The van der Waals surface area contributed by atoms with Gasteiger partial charge in [0.25, 0.3) is 0 Å². The Morgan fingerprint density at radius 2 is 1.75 bits per heavy atom. The lowest BCUT2D eigenvalue weighted by Gasteiger charge is -2.23. The standard InChI is InChI=1S/C20H17Cl3N2O3/c1-11-16(25-12-7-14(21)19(26)15(22)8-12)9-17(20(27)18(11)23)24-10-28-13-5-3-2-4-6-13/h2-9,20,24,26-27H,10H2,1H3. The van der Waals surface area contributed by atoms with E-state index in [1.54, 1.807) is 13.0 Å². The van der Waals surface area contributed by atoms with Gasteiger partial charge >= 0.3 is 0 Å². The summed E-state index contributed by atoms with van der Waals surface area (Å²) < 4.78 is 5.59. The Morgan fingerprint density at radius 3 is 2.39 bits per heavy atom. The van der Waals surface area contributed by atoms with Crippen molar-refractivity contribution in [3.8, 4) is 11.5 Å². The number of aromatic hydroxyl groups is 1. The van der Waals surface area contributed by atoms with Crippen molar-refractivity contribution in [2.24, 2.45) is 4.99 Å². The summed E-state index contributed by atoms with van der Waals surface area (Å²) in [5.41, 5.74) is 2.03. The lowest BCUT2D eigenvalue weighted by Crippen LogP contribution is -2.32. The molecule has 0 radical (unpaired) electrons. The Kier molecular flexibility index (Phi) is 6.52. The van der Waals surface area contributed by atoms with E-state index in [1.807, 2.05) is 30.3 Å². The molecule has 0 saturated carbocycles. The minimum Gasteiger partial charge on any atom is -0.505 e. The van der Waals surface area contributed by atoms with Gasteiger partial charge in [-0.05, 0) is 42.8 Å². The van der Waals surface area contributed by atoms with Crippen molar-refractivity contribution in [3.05, 3.63) is 74.9 Å². The van der Waals surface area contributed by atoms with E-state index >= 15 is 0 Å². The number of benzene rings is 2. The predicted molar refractivity (Wildman–Crippen MR) is 113 cm³/mol. The number of allylic oxidation sites excluding steroid dienone is 2. The molecule has 1 aliphatic rings. The lowest BCUT2D eigenvalue weighted by atomic mass is 10.00. The van der Waals surface area contributed by atoms with Crippen LogP contribution in [0.2, 0.25) is 10.0 Å². The lowest BCUT2D eigenvalue weighted by molar-refractivity contribution is 0.225. The van der Waals surface area contributed by atoms with Crippen LogP contribution in [-0.2, 0) is 0 Å². The van der Waals surface area contributed by atoms with Gasteiger partial charge < -0.3 is 20.3 Å². The van der Waals surface area contributed by atoms with Gasteiger partial charge in [0.15, 0.2) is 12.5 Å². The molecule has 2 aromatic rings. The maximum absolute atomic E-state index is 10.4. The van der Waals surface area contributed by atoms with E-state index in [1.165, 1.54) is 12.1 Å². The van der Waals surface area contributed by atoms with E-state index in [0.29, 0.717) is 28.4 Å². The van der Waals surface area contributed by atoms with E-state index in [4.69, 9.17) is 39.5 Å². The molecule has 3 N–H and O–H groups in total. The van der Waals surface area contributed by atoms with Crippen molar-refractivity contribution in [3.63, 3.8) is 0 Å². The highest BCUT2D eigenvalue weighted by Crippen LogP contribution is 2.36. The molecule has 2 aromatic carbocycles. The number of aliphatic hydroxyl groups is 1. The smallest absolute Gasteiger partial charge is 0.158 e. The maximum Gasteiger partial charge on any atom is 0.158 e. The number of aliphatic imine (C=N–C) groups is 1. The average molecular weight is 440 g/mol. The molecule has 0 spiro atoms. The first-order valence-electron chi connectivity index (χ1n) is 8.31. The molecule has 0 saturated heterocycles. The third-order valence-electron chi connectivity index (χ3n) is 4.08. The van der Waals surface area contributed by atoms with Gasteiger partial charge in [0.05, 0.1) is 32.2 Å². The minimum atomic E-state index is -1.01. The molecule has 0 amide bonds. The highest BCUT2D eigenvalue weighted by Gasteiger charge is 2.24. The molecule has 1 aliphatic carbocycles. The second-order valence-corrected chi connectivity index (χ2v) is 7.23. The number of nitrogens with zero attached hydrogens (tertiary/aromatic N) is 1. The van der Waals surface area contributed by atoms with Crippen LogP contribution in [0.3, 0.4) is 0 Å². The zero-order chi connectivity index (χ0) is 20.3. The van der Waals surface area contributed by atoms with Crippen LogP contribution in [0.4, 0.5) is 5.69 Å². The Labute approximate surface area is 177 Å². The van der Waals surface area contributed by atoms with Crippen molar-refractivity contribution < 1.29 is 14.9 Å². The minimum absolute atomic E-state index is 0.0917. The van der Waals surface area contributed by atoms with Crippen LogP contribution < -0.4 is 10.1 Å². The molecule has 0 aliphatic heterocycles. The number of phenols is 1. The maximum atomic E-state index is 10.4. The third kappa shape index (κ3) is 4.62. The topological polar surface area (TPSA) is 74.1 Å². The van der Waals surface area contributed by atoms with Crippen molar-refractivity contribution in [1.29, 1.82) is 0 Å². The molecule has 5 nitrogen and oxygen atoms in total. The zero-order valence-electron chi connectivity index (χ0n) is 14.8. The monoisotopic (exact) mass is 438 g/mol. The molecule has 1 atom stereocenters. The highest BCUT2D eigenvalue weighted by molar-refractivity contribution is 6.37. The van der Waals surface area contributed by atoms with Crippen LogP contribution in [0.25, 0.3) is 0 Å². The summed E-state index contributed by atoms with van der Waals surface area (Å²) in [5, 5.41) is 23.5. The first-order valence-corrected chi connectivity index (χ1v) is 9.45. The normalized spacial score (nSPS) is 18.2. The molecule has 0 heterocycles. The van der Waals surface area contributed by atoms with E-state index in [9.17, 15) is 10.2 Å². The van der Waals surface area contributed by atoms with Gasteiger partial charge in [0.2, 0.25) is 0 Å². The molecule has 28 heavy (non-hydrogen) atoms. The zero-order valence-corrected chi connectivity index (χ0v) is 17.1. The van der Waals surface area contributed by atoms with Crippen molar-refractivity contribution in [2.45, 2.75) is 13.0 Å². The molecule has 1 unspecified atom stereocenters.